The molecule has 2 aromatic rings. The first kappa shape index (κ1) is 18.9. The van der Waals surface area contributed by atoms with Gasteiger partial charge in [-0.2, -0.15) is 0 Å². The van der Waals surface area contributed by atoms with Crippen LogP contribution in [-0.2, 0) is 4.79 Å². The molecule has 0 spiro atoms. The van der Waals surface area contributed by atoms with E-state index in [-0.39, 0.29) is 5.91 Å². The second-order valence-corrected chi connectivity index (χ2v) is 6.47. The summed E-state index contributed by atoms with van der Waals surface area (Å²) in [6.45, 7) is 5.06. The minimum atomic E-state index is 0.251. The Balaban J connectivity index is 1.60. The molecule has 0 N–H and O–H groups in total. The first-order valence-corrected chi connectivity index (χ1v) is 9.36. The molecule has 0 bridgehead atoms. The fourth-order valence-electron chi connectivity index (χ4n) is 3.02. The second kappa shape index (κ2) is 9.21. The van der Waals surface area contributed by atoms with Crippen molar-refractivity contribution in [3.8, 4) is 17.4 Å². The van der Waals surface area contributed by atoms with Crippen molar-refractivity contribution in [2.24, 2.45) is 0 Å². The fraction of sp³-hybridized carbons (Fsp3) is 0.450. The van der Waals surface area contributed by atoms with E-state index in [1.165, 1.54) is 6.33 Å². The van der Waals surface area contributed by atoms with Crippen molar-refractivity contribution in [3.05, 3.63) is 36.7 Å². The number of piperazine rings is 1. The molecule has 7 heteroatoms. The lowest BCUT2D eigenvalue weighted by Crippen LogP contribution is -2.49. The summed E-state index contributed by atoms with van der Waals surface area (Å²) in [4.78, 5) is 24.8. The Bertz CT molecular complexity index is 760. The van der Waals surface area contributed by atoms with Gasteiger partial charge in [0.2, 0.25) is 11.8 Å². The minimum absolute atomic E-state index is 0.251. The van der Waals surface area contributed by atoms with Gasteiger partial charge in [0, 0.05) is 44.7 Å². The summed E-state index contributed by atoms with van der Waals surface area (Å²) in [6, 6.07) is 9.21. The topological polar surface area (TPSA) is 67.8 Å². The highest BCUT2D eigenvalue weighted by atomic mass is 16.5. The van der Waals surface area contributed by atoms with Gasteiger partial charge in [0.15, 0.2) is 0 Å². The molecule has 2 heterocycles. The van der Waals surface area contributed by atoms with Crippen LogP contribution in [0, 0.1) is 0 Å². The lowest BCUT2D eigenvalue weighted by Gasteiger charge is -2.35. The molecule has 0 unspecified atom stereocenters. The van der Waals surface area contributed by atoms with Gasteiger partial charge in [-0.05, 0) is 18.6 Å². The molecule has 27 heavy (non-hydrogen) atoms. The lowest BCUT2D eigenvalue weighted by molar-refractivity contribution is -0.131. The van der Waals surface area contributed by atoms with Crippen molar-refractivity contribution in [2.45, 2.75) is 26.2 Å². The van der Waals surface area contributed by atoms with E-state index in [9.17, 15) is 4.79 Å². The molecular formula is C20H26N4O3. The third-order valence-electron chi connectivity index (χ3n) is 4.59. The Labute approximate surface area is 159 Å². The summed E-state index contributed by atoms with van der Waals surface area (Å²) in [7, 11) is 1.62. The zero-order valence-electron chi connectivity index (χ0n) is 15.9. The number of hydrogen-bond acceptors (Lipinski definition) is 6. The van der Waals surface area contributed by atoms with Crippen LogP contribution in [0.15, 0.2) is 36.7 Å². The highest BCUT2D eigenvalue weighted by molar-refractivity contribution is 5.76. The molecule has 7 nitrogen and oxygen atoms in total. The first-order chi connectivity index (χ1) is 13.2. The van der Waals surface area contributed by atoms with Crippen molar-refractivity contribution in [1.29, 1.82) is 0 Å². The highest BCUT2D eigenvalue weighted by Crippen LogP contribution is 2.25. The highest BCUT2D eigenvalue weighted by Gasteiger charge is 2.21. The Morgan fingerprint density at radius 1 is 1.11 bits per heavy atom. The minimum Gasteiger partial charge on any atom is -0.497 e. The smallest absolute Gasteiger partial charge is 0.224 e. The number of rotatable bonds is 7. The normalized spacial score (nSPS) is 14.1. The van der Waals surface area contributed by atoms with Crippen LogP contribution in [0.5, 0.6) is 17.4 Å². The molecule has 1 fully saturated rings. The summed E-state index contributed by atoms with van der Waals surface area (Å²) >= 11 is 0. The van der Waals surface area contributed by atoms with Crippen LogP contribution >= 0.6 is 0 Å². The van der Waals surface area contributed by atoms with Crippen LogP contribution in [0.2, 0.25) is 0 Å². The molecule has 3 rings (SSSR count). The monoisotopic (exact) mass is 370 g/mol. The van der Waals surface area contributed by atoms with Gasteiger partial charge in [0.25, 0.3) is 0 Å². The quantitative estimate of drug-likeness (QED) is 0.746. The van der Waals surface area contributed by atoms with E-state index in [4.69, 9.17) is 9.47 Å². The number of unbranched alkanes of at least 4 members (excludes halogenated alkanes) is 1. The van der Waals surface area contributed by atoms with E-state index in [0.29, 0.717) is 18.1 Å². The van der Waals surface area contributed by atoms with Crippen molar-refractivity contribution in [1.82, 2.24) is 14.9 Å². The van der Waals surface area contributed by atoms with Gasteiger partial charge in [-0.3, -0.25) is 4.79 Å². The maximum Gasteiger partial charge on any atom is 0.224 e. The third-order valence-corrected chi connectivity index (χ3v) is 4.59. The van der Waals surface area contributed by atoms with Crippen LogP contribution in [0.1, 0.15) is 26.2 Å². The molecule has 0 aliphatic carbocycles. The van der Waals surface area contributed by atoms with Crippen molar-refractivity contribution in [3.63, 3.8) is 0 Å². The van der Waals surface area contributed by atoms with Crippen LogP contribution < -0.4 is 14.4 Å². The predicted molar refractivity (Wildman–Crippen MR) is 103 cm³/mol. The molecule has 1 saturated heterocycles. The molecule has 1 aromatic heterocycles. The number of methoxy groups -OCH3 is 1. The summed E-state index contributed by atoms with van der Waals surface area (Å²) < 4.78 is 11.0. The molecule has 0 radical (unpaired) electrons. The Hall–Kier alpha value is -2.83. The summed E-state index contributed by atoms with van der Waals surface area (Å²) in [6.07, 6.45) is 4.14. The van der Waals surface area contributed by atoms with E-state index < -0.39 is 0 Å². The summed E-state index contributed by atoms with van der Waals surface area (Å²) in [5.41, 5.74) is 0. The molecule has 0 saturated carbocycles. The largest absolute Gasteiger partial charge is 0.497 e. The molecule has 1 aliphatic rings. The second-order valence-electron chi connectivity index (χ2n) is 6.47. The van der Waals surface area contributed by atoms with Gasteiger partial charge < -0.3 is 19.3 Å². The molecule has 1 aliphatic heterocycles. The third kappa shape index (κ3) is 5.09. The van der Waals surface area contributed by atoms with Crippen LogP contribution in [0.4, 0.5) is 5.82 Å². The first-order valence-electron chi connectivity index (χ1n) is 9.36. The van der Waals surface area contributed by atoms with Gasteiger partial charge in [0.1, 0.15) is 23.6 Å². The van der Waals surface area contributed by atoms with Crippen LogP contribution in [0.3, 0.4) is 0 Å². The molecule has 1 aromatic carbocycles. The zero-order valence-corrected chi connectivity index (χ0v) is 15.9. The molecule has 0 atom stereocenters. The number of benzene rings is 1. The average Bonchev–Trinajstić information content (AvgIpc) is 2.72. The van der Waals surface area contributed by atoms with Gasteiger partial charge in [0.05, 0.1) is 7.11 Å². The standard InChI is InChI=1S/C20H26N4O3/c1-3-4-8-20(25)24-11-9-23(10-12-24)18-14-19(22-15-21-18)27-17-7-5-6-16(13-17)26-2/h5-7,13-15H,3-4,8-12H2,1-2H3. The Morgan fingerprint density at radius 2 is 1.89 bits per heavy atom. The van der Waals surface area contributed by atoms with Crippen LogP contribution in [-0.4, -0.2) is 54.1 Å². The van der Waals surface area contributed by atoms with E-state index in [1.54, 1.807) is 7.11 Å². The number of hydrogen-bond donors (Lipinski definition) is 0. The maximum atomic E-state index is 12.2. The van der Waals surface area contributed by atoms with Crippen molar-refractivity contribution in [2.75, 3.05) is 38.2 Å². The zero-order chi connectivity index (χ0) is 19.1. The van der Waals surface area contributed by atoms with E-state index in [0.717, 1.165) is 50.6 Å². The molecular weight excluding hydrogens is 344 g/mol. The Kier molecular flexibility index (Phi) is 6.46. The lowest BCUT2D eigenvalue weighted by atomic mass is 10.2. The summed E-state index contributed by atoms with van der Waals surface area (Å²) in [5.74, 6) is 2.93. The van der Waals surface area contributed by atoms with Gasteiger partial charge >= 0.3 is 0 Å². The number of carbonyl (C=O) groups is 1. The fourth-order valence-corrected chi connectivity index (χ4v) is 3.02. The van der Waals surface area contributed by atoms with E-state index in [1.807, 2.05) is 35.2 Å². The Morgan fingerprint density at radius 3 is 2.63 bits per heavy atom. The number of anilines is 1. The maximum absolute atomic E-state index is 12.2. The number of aromatic nitrogens is 2. The number of carbonyl (C=O) groups excluding carboxylic acids is 1. The number of nitrogens with zero attached hydrogens (tertiary/aromatic N) is 4. The summed E-state index contributed by atoms with van der Waals surface area (Å²) in [5, 5.41) is 0. The predicted octanol–water partition coefficient (Wildman–Crippen LogP) is 3.12. The number of amides is 1. The van der Waals surface area contributed by atoms with Gasteiger partial charge in [-0.25, -0.2) is 9.97 Å². The van der Waals surface area contributed by atoms with E-state index >= 15 is 0 Å². The number of ether oxygens (including phenoxy) is 2. The molecule has 144 valence electrons. The van der Waals surface area contributed by atoms with Gasteiger partial charge in [-0.15, -0.1) is 0 Å². The SMILES string of the molecule is CCCCC(=O)N1CCN(c2cc(Oc3cccc(OC)c3)ncn2)CC1. The van der Waals surface area contributed by atoms with Crippen molar-refractivity contribution < 1.29 is 14.3 Å². The van der Waals surface area contributed by atoms with Crippen LogP contribution in [0.25, 0.3) is 0 Å². The van der Waals surface area contributed by atoms with Crippen molar-refractivity contribution >= 4 is 11.7 Å². The average molecular weight is 370 g/mol. The molecule has 1 amide bonds. The van der Waals surface area contributed by atoms with E-state index in [2.05, 4.69) is 21.8 Å². The van der Waals surface area contributed by atoms with Gasteiger partial charge in [-0.1, -0.05) is 19.4 Å².